The van der Waals surface area contributed by atoms with Crippen LogP contribution in [0.4, 0.5) is 0 Å². The van der Waals surface area contributed by atoms with Gasteiger partial charge in [0.2, 0.25) is 0 Å². The van der Waals surface area contributed by atoms with E-state index in [0.29, 0.717) is 0 Å². The van der Waals surface area contributed by atoms with Gasteiger partial charge in [-0.25, -0.2) is 0 Å². The molecule has 0 aromatic carbocycles. The molecule has 0 bridgehead atoms. The Labute approximate surface area is 116 Å². The molecule has 0 unspecified atom stereocenters. The topological polar surface area (TPSA) is 18.5 Å². The van der Waals surface area contributed by atoms with Crippen LogP contribution in [0.2, 0.25) is 12.1 Å². The molecular formula is C15H34O2Si. The Kier molecular flexibility index (Phi) is 12.3. The Morgan fingerprint density at radius 1 is 0.611 bits per heavy atom. The zero-order chi connectivity index (χ0) is 13.7. The molecule has 18 heavy (non-hydrogen) atoms. The van der Waals surface area contributed by atoms with Gasteiger partial charge < -0.3 is 8.85 Å². The molecule has 0 amide bonds. The highest BCUT2D eigenvalue weighted by Gasteiger charge is 2.35. The van der Waals surface area contributed by atoms with E-state index in [9.17, 15) is 0 Å². The second-order valence-corrected chi connectivity index (χ2v) is 8.44. The van der Waals surface area contributed by atoms with Crippen LogP contribution in [0.5, 0.6) is 0 Å². The molecule has 0 rings (SSSR count). The molecular weight excluding hydrogens is 240 g/mol. The minimum absolute atomic E-state index is 0.812. The summed E-state index contributed by atoms with van der Waals surface area (Å²) in [7, 11) is -1.88. The zero-order valence-electron chi connectivity index (χ0n) is 13.1. The fraction of sp³-hybridized carbons (Fsp3) is 1.00. The third-order valence-electron chi connectivity index (χ3n) is 3.39. The maximum absolute atomic E-state index is 6.11. The van der Waals surface area contributed by atoms with Gasteiger partial charge in [0.1, 0.15) is 0 Å². The molecule has 0 aliphatic heterocycles. The van der Waals surface area contributed by atoms with Gasteiger partial charge in [0, 0.05) is 13.2 Å². The van der Waals surface area contributed by atoms with Gasteiger partial charge in [-0.15, -0.1) is 0 Å². The second kappa shape index (κ2) is 12.2. The molecule has 2 nitrogen and oxygen atoms in total. The van der Waals surface area contributed by atoms with E-state index in [1.54, 1.807) is 0 Å². The molecule has 110 valence electrons. The average molecular weight is 275 g/mol. The molecule has 0 spiro atoms. The molecule has 0 saturated heterocycles. The van der Waals surface area contributed by atoms with E-state index in [1.807, 2.05) is 0 Å². The third-order valence-corrected chi connectivity index (χ3v) is 7.25. The SMILES string of the molecule is CCCCCC[Si](CCCCC)(OCC)OCC. The van der Waals surface area contributed by atoms with Crippen molar-refractivity contribution in [2.75, 3.05) is 13.2 Å². The Balaban J connectivity index is 4.23. The maximum Gasteiger partial charge on any atom is 0.338 e. The summed E-state index contributed by atoms with van der Waals surface area (Å²) < 4.78 is 12.2. The van der Waals surface area contributed by atoms with E-state index in [1.165, 1.54) is 57.0 Å². The largest absolute Gasteiger partial charge is 0.394 e. The van der Waals surface area contributed by atoms with Gasteiger partial charge in [0.25, 0.3) is 0 Å². The minimum Gasteiger partial charge on any atom is -0.394 e. The summed E-state index contributed by atoms with van der Waals surface area (Å²) in [4.78, 5) is 0. The summed E-state index contributed by atoms with van der Waals surface area (Å²) in [6.07, 6.45) is 9.12. The first kappa shape index (κ1) is 18.1. The Morgan fingerprint density at radius 2 is 1.06 bits per heavy atom. The van der Waals surface area contributed by atoms with Gasteiger partial charge in [0.15, 0.2) is 0 Å². The zero-order valence-corrected chi connectivity index (χ0v) is 14.1. The van der Waals surface area contributed by atoms with Crippen LogP contribution in [0.15, 0.2) is 0 Å². The Bertz CT molecular complexity index is 168. The quantitative estimate of drug-likeness (QED) is 0.336. The van der Waals surface area contributed by atoms with Gasteiger partial charge in [-0.2, -0.15) is 0 Å². The first-order valence-electron chi connectivity index (χ1n) is 8.02. The molecule has 0 heterocycles. The van der Waals surface area contributed by atoms with E-state index in [-0.39, 0.29) is 0 Å². The predicted octanol–water partition coefficient (Wildman–Crippen LogP) is 5.27. The van der Waals surface area contributed by atoms with Crippen molar-refractivity contribution >= 4 is 8.56 Å². The van der Waals surface area contributed by atoms with Gasteiger partial charge >= 0.3 is 8.56 Å². The van der Waals surface area contributed by atoms with E-state index < -0.39 is 8.56 Å². The number of hydrogen-bond donors (Lipinski definition) is 0. The molecule has 0 aliphatic carbocycles. The standard InChI is InChI=1S/C15H34O2Si/c1-5-9-11-13-15-18(16-7-3,17-8-4)14-12-10-6-2/h5-15H2,1-4H3. The van der Waals surface area contributed by atoms with Crippen molar-refractivity contribution in [3.63, 3.8) is 0 Å². The molecule has 0 radical (unpaired) electrons. The smallest absolute Gasteiger partial charge is 0.338 e. The minimum atomic E-state index is -1.88. The fourth-order valence-corrected chi connectivity index (χ4v) is 5.99. The van der Waals surface area contributed by atoms with E-state index in [0.717, 1.165) is 13.2 Å². The summed E-state index contributed by atoms with van der Waals surface area (Å²) in [5.74, 6) is 0. The van der Waals surface area contributed by atoms with E-state index in [2.05, 4.69) is 27.7 Å². The number of unbranched alkanes of at least 4 members (excludes halogenated alkanes) is 5. The summed E-state index contributed by atoms with van der Waals surface area (Å²) >= 11 is 0. The summed E-state index contributed by atoms with van der Waals surface area (Å²) in [5.41, 5.74) is 0. The Morgan fingerprint density at radius 3 is 1.50 bits per heavy atom. The normalized spacial score (nSPS) is 12.0. The summed E-state index contributed by atoms with van der Waals surface area (Å²) in [6, 6.07) is 2.38. The number of hydrogen-bond acceptors (Lipinski definition) is 2. The highest BCUT2D eigenvalue weighted by Crippen LogP contribution is 2.25. The van der Waals surface area contributed by atoms with Crippen LogP contribution in [-0.2, 0) is 8.85 Å². The lowest BCUT2D eigenvalue weighted by Crippen LogP contribution is -2.42. The lowest BCUT2D eigenvalue weighted by molar-refractivity contribution is 0.180. The average Bonchev–Trinajstić information content (AvgIpc) is 2.36. The highest BCUT2D eigenvalue weighted by molar-refractivity contribution is 6.67. The molecule has 0 saturated carbocycles. The lowest BCUT2D eigenvalue weighted by Gasteiger charge is -2.30. The van der Waals surface area contributed by atoms with Crippen molar-refractivity contribution in [3.05, 3.63) is 0 Å². The molecule has 0 N–H and O–H groups in total. The number of rotatable bonds is 13. The predicted molar refractivity (Wildman–Crippen MR) is 82.3 cm³/mol. The van der Waals surface area contributed by atoms with Gasteiger partial charge in [-0.3, -0.25) is 0 Å². The van der Waals surface area contributed by atoms with E-state index >= 15 is 0 Å². The first-order chi connectivity index (χ1) is 8.74. The van der Waals surface area contributed by atoms with Crippen LogP contribution in [0.3, 0.4) is 0 Å². The molecule has 0 aromatic rings. The van der Waals surface area contributed by atoms with Crippen LogP contribution in [0.1, 0.15) is 72.6 Å². The third kappa shape index (κ3) is 8.28. The molecule has 0 aromatic heterocycles. The molecule has 0 atom stereocenters. The van der Waals surface area contributed by atoms with Crippen molar-refractivity contribution in [2.45, 2.75) is 84.7 Å². The maximum atomic E-state index is 6.11. The van der Waals surface area contributed by atoms with Crippen molar-refractivity contribution in [1.29, 1.82) is 0 Å². The van der Waals surface area contributed by atoms with Gasteiger partial charge in [-0.05, 0) is 25.9 Å². The Hall–Kier alpha value is 0.137. The molecule has 0 aliphatic rings. The summed E-state index contributed by atoms with van der Waals surface area (Å²) in [5, 5.41) is 0. The van der Waals surface area contributed by atoms with Crippen LogP contribution in [0.25, 0.3) is 0 Å². The van der Waals surface area contributed by atoms with Crippen molar-refractivity contribution < 1.29 is 8.85 Å². The highest BCUT2D eigenvalue weighted by atomic mass is 28.4. The van der Waals surface area contributed by atoms with Gasteiger partial charge in [-0.1, -0.05) is 58.8 Å². The molecule has 3 heteroatoms. The van der Waals surface area contributed by atoms with Crippen LogP contribution >= 0.6 is 0 Å². The monoisotopic (exact) mass is 274 g/mol. The van der Waals surface area contributed by atoms with Crippen molar-refractivity contribution in [1.82, 2.24) is 0 Å². The van der Waals surface area contributed by atoms with Crippen LogP contribution in [-0.4, -0.2) is 21.8 Å². The van der Waals surface area contributed by atoms with Crippen molar-refractivity contribution in [3.8, 4) is 0 Å². The van der Waals surface area contributed by atoms with Gasteiger partial charge in [0.05, 0.1) is 0 Å². The van der Waals surface area contributed by atoms with Crippen molar-refractivity contribution in [2.24, 2.45) is 0 Å². The van der Waals surface area contributed by atoms with Crippen LogP contribution in [0, 0.1) is 0 Å². The fourth-order valence-electron chi connectivity index (χ4n) is 2.45. The lowest BCUT2D eigenvalue weighted by atomic mass is 10.2. The first-order valence-corrected chi connectivity index (χ1v) is 10.3. The summed E-state index contributed by atoms with van der Waals surface area (Å²) in [6.45, 7) is 10.3. The molecule has 0 fully saturated rings. The van der Waals surface area contributed by atoms with Crippen LogP contribution < -0.4 is 0 Å². The second-order valence-electron chi connectivity index (χ2n) is 5.04. The van der Waals surface area contributed by atoms with E-state index in [4.69, 9.17) is 8.85 Å².